The van der Waals surface area contributed by atoms with Crippen LogP contribution in [0.2, 0.25) is 0 Å². The highest BCUT2D eigenvalue weighted by Gasteiger charge is 2.21. The van der Waals surface area contributed by atoms with Gasteiger partial charge in [0.05, 0.1) is 14.2 Å². The van der Waals surface area contributed by atoms with Crippen LogP contribution in [-0.2, 0) is 0 Å². The fraction of sp³-hybridized carbons (Fsp3) is 0.625. The summed E-state index contributed by atoms with van der Waals surface area (Å²) in [6.45, 7) is 0. The van der Waals surface area contributed by atoms with Crippen LogP contribution < -0.4 is 15.2 Å². The Hall–Kier alpha value is -1.22. The Bertz CT molecular complexity index is 375. The minimum atomic E-state index is 0.0853. The quantitative estimate of drug-likeness (QED) is 0.843. The van der Waals surface area contributed by atoms with E-state index in [1.54, 1.807) is 14.2 Å². The van der Waals surface area contributed by atoms with Crippen molar-refractivity contribution >= 4 is 0 Å². The van der Waals surface area contributed by atoms with Crippen LogP contribution in [0.4, 0.5) is 0 Å². The largest absolute Gasteiger partial charge is 0.497 e. The van der Waals surface area contributed by atoms with E-state index in [1.807, 2.05) is 18.2 Å². The number of benzene rings is 1. The molecule has 0 amide bonds. The number of methoxy groups -OCH3 is 2. The average molecular weight is 263 g/mol. The lowest BCUT2D eigenvalue weighted by Gasteiger charge is -2.23. The molecular weight excluding hydrogens is 238 g/mol. The highest BCUT2D eigenvalue weighted by molar-refractivity contribution is 5.40. The number of rotatable bonds is 4. The van der Waals surface area contributed by atoms with E-state index in [9.17, 15) is 0 Å². The lowest BCUT2D eigenvalue weighted by atomic mass is 9.87. The zero-order valence-electron chi connectivity index (χ0n) is 12.0. The Morgan fingerprint density at radius 2 is 1.47 bits per heavy atom. The SMILES string of the molecule is COc1cc(OC)cc(C(N)C2CCCCCC2)c1. The molecule has 1 fully saturated rings. The predicted molar refractivity (Wildman–Crippen MR) is 77.7 cm³/mol. The first-order valence-electron chi connectivity index (χ1n) is 7.23. The topological polar surface area (TPSA) is 44.5 Å². The molecule has 0 spiro atoms. The number of hydrogen-bond acceptors (Lipinski definition) is 3. The second-order valence-corrected chi connectivity index (χ2v) is 5.42. The highest BCUT2D eigenvalue weighted by atomic mass is 16.5. The molecule has 2 N–H and O–H groups in total. The standard InChI is InChI=1S/C16H25NO2/c1-18-14-9-13(10-15(11-14)19-2)16(17)12-7-5-3-4-6-8-12/h9-12,16H,3-8,17H2,1-2H3. The maximum atomic E-state index is 6.48. The molecule has 0 radical (unpaired) electrons. The summed E-state index contributed by atoms with van der Waals surface area (Å²) in [6.07, 6.45) is 7.79. The summed E-state index contributed by atoms with van der Waals surface area (Å²) < 4.78 is 10.6. The van der Waals surface area contributed by atoms with E-state index in [0.717, 1.165) is 17.1 Å². The number of hydrogen-bond donors (Lipinski definition) is 1. The smallest absolute Gasteiger partial charge is 0.122 e. The normalized spacial score (nSPS) is 18.7. The Morgan fingerprint density at radius 1 is 0.947 bits per heavy atom. The van der Waals surface area contributed by atoms with Crippen molar-refractivity contribution in [3.8, 4) is 11.5 Å². The Morgan fingerprint density at radius 3 is 1.95 bits per heavy atom. The van der Waals surface area contributed by atoms with E-state index >= 15 is 0 Å². The molecule has 0 aliphatic heterocycles. The molecular formula is C16H25NO2. The van der Waals surface area contributed by atoms with E-state index in [0.29, 0.717) is 5.92 Å². The zero-order valence-corrected chi connectivity index (χ0v) is 12.0. The Kier molecular flexibility index (Phi) is 5.08. The van der Waals surface area contributed by atoms with Crippen LogP contribution in [0.5, 0.6) is 11.5 Å². The van der Waals surface area contributed by atoms with Gasteiger partial charge in [0.15, 0.2) is 0 Å². The Balaban J connectivity index is 2.18. The first-order chi connectivity index (χ1) is 9.24. The zero-order chi connectivity index (χ0) is 13.7. The summed E-state index contributed by atoms with van der Waals surface area (Å²) in [7, 11) is 3.35. The molecule has 3 heteroatoms. The fourth-order valence-corrected chi connectivity index (χ4v) is 2.96. The predicted octanol–water partition coefficient (Wildman–Crippen LogP) is 3.67. The third-order valence-electron chi connectivity index (χ3n) is 4.17. The fourth-order valence-electron chi connectivity index (χ4n) is 2.96. The molecule has 1 aromatic rings. The van der Waals surface area contributed by atoms with Gasteiger partial charge in [-0.15, -0.1) is 0 Å². The van der Waals surface area contributed by atoms with Gasteiger partial charge in [0.2, 0.25) is 0 Å². The number of ether oxygens (including phenoxy) is 2. The molecule has 1 unspecified atom stereocenters. The highest BCUT2D eigenvalue weighted by Crippen LogP contribution is 2.34. The van der Waals surface area contributed by atoms with E-state index in [4.69, 9.17) is 15.2 Å². The summed E-state index contributed by atoms with van der Waals surface area (Å²) in [5.41, 5.74) is 7.60. The van der Waals surface area contributed by atoms with Crippen molar-refractivity contribution in [2.75, 3.05) is 14.2 Å². The third kappa shape index (κ3) is 3.63. The second-order valence-electron chi connectivity index (χ2n) is 5.42. The van der Waals surface area contributed by atoms with Crippen molar-refractivity contribution in [2.45, 2.75) is 44.6 Å². The Labute approximate surface area is 116 Å². The number of nitrogens with two attached hydrogens (primary N) is 1. The second kappa shape index (κ2) is 6.80. The van der Waals surface area contributed by atoms with Gasteiger partial charge >= 0.3 is 0 Å². The molecule has 0 heterocycles. The van der Waals surface area contributed by atoms with Crippen molar-refractivity contribution in [1.82, 2.24) is 0 Å². The van der Waals surface area contributed by atoms with Crippen molar-refractivity contribution in [2.24, 2.45) is 11.7 Å². The van der Waals surface area contributed by atoms with Crippen molar-refractivity contribution in [1.29, 1.82) is 0 Å². The summed E-state index contributed by atoms with van der Waals surface area (Å²) in [5.74, 6) is 2.22. The first kappa shape index (κ1) is 14.2. The molecule has 1 aromatic carbocycles. The van der Waals surface area contributed by atoms with Gasteiger partial charge in [0, 0.05) is 12.1 Å². The monoisotopic (exact) mass is 263 g/mol. The van der Waals surface area contributed by atoms with Crippen LogP contribution in [0, 0.1) is 5.92 Å². The molecule has 1 aliphatic carbocycles. The van der Waals surface area contributed by atoms with Crippen LogP contribution in [0.3, 0.4) is 0 Å². The molecule has 1 aliphatic rings. The van der Waals surface area contributed by atoms with Gasteiger partial charge in [-0.1, -0.05) is 25.7 Å². The maximum Gasteiger partial charge on any atom is 0.122 e. The van der Waals surface area contributed by atoms with Crippen molar-refractivity contribution in [3.63, 3.8) is 0 Å². The van der Waals surface area contributed by atoms with Crippen LogP contribution >= 0.6 is 0 Å². The lowest BCUT2D eigenvalue weighted by molar-refractivity contribution is 0.371. The maximum absolute atomic E-state index is 6.48. The van der Waals surface area contributed by atoms with Gasteiger partial charge < -0.3 is 15.2 Å². The van der Waals surface area contributed by atoms with Crippen LogP contribution in [-0.4, -0.2) is 14.2 Å². The molecule has 0 saturated heterocycles. The molecule has 3 nitrogen and oxygen atoms in total. The first-order valence-corrected chi connectivity index (χ1v) is 7.23. The minimum Gasteiger partial charge on any atom is -0.497 e. The molecule has 106 valence electrons. The van der Waals surface area contributed by atoms with Crippen LogP contribution in [0.15, 0.2) is 18.2 Å². The summed E-state index contributed by atoms with van der Waals surface area (Å²) in [4.78, 5) is 0. The van der Waals surface area contributed by atoms with Gasteiger partial charge in [-0.2, -0.15) is 0 Å². The van der Waals surface area contributed by atoms with Crippen molar-refractivity contribution in [3.05, 3.63) is 23.8 Å². The van der Waals surface area contributed by atoms with E-state index < -0.39 is 0 Å². The lowest BCUT2D eigenvalue weighted by Crippen LogP contribution is -2.21. The molecule has 19 heavy (non-hydrogen) atoms. The van der Waals surface area contributed by atoms with E-state index in [2.05, 4.69) is 0 Å². The summed E-state index contributed by atoms with van der Waals surface area (Å²) in [6, 6.07) is 6.06. The van der Waals surface area contributed by atoms with Gasteiger partial charge in [0.1, 0.15) is 11.5 Å². The molecule has 0 bridgehead atoms. The van der Waals surface area contributed by atoms with E-state index in [-0.39, 0.29) is 6.04 Å². The van der Waals surface area contributed by atoms with Gasteiger partial charge in [0.25, 0.3) is 0 Å². The minimum absolute atomic E-state index is 0.0853. The summed E-state index contributed by atoms with van der Waals surface area (Å²) in [5, 5.41) is 0. The molecule has 1 saturated carbocycles. The molecule has 2 rings (SSSR count). The van der Waals surface area contributed by atoms with Gasteiger partial charge in [-0.25, -0.2) is 0 Å². The van der Waals surface area contributed by atoms with Crippen molar-refractivity contribution < 1.29 is 9.47 Å². The van der Waals surface area contributed by atoms with Gasteiger partial charge in [-0.05, 0) is 36.5 Å². The summed E-state index contributed by atoms with van der Waals surface area (Å²) >= 11 is 0. The molecule has 0 aromatic heterocycles. The third-order valence-corrected chi connectivity index (χ3v) is 4.17. The van der Waals surface area contributed by atoms with E-state index in [1.165, 1.54) is 38.5 Å². The molecule has 1 atom stereocenters. The van der Waals surface area contributed by atoms with Crippen LogP contribution in [0.1, 0.15) is 50.1 Å². The average Bonchev–Trinajstić information content (AvgIpc) is 2.74. The van der Waals surface area contributed by atoms with Gasteiger partial charge in [-0.3, -0.25) is 0 Å². The van der Waals surface area contributed by atoms with Crippen LogP contribution in [0.25, 0.3) is 0 Å².